The molecule has 2 aliphatic heterocycles. The van der Waals surface area contributed by atoms with Crippen LogP contribution in [0.2, 0.25) is 5.02 Å². The Kier molecular flexibility index (Phi) is 8.24. The second-order valence-corrected chi connectivity index (χ2v) is 14.0. The average molecular weight is 645 g/mol. The molecule has 1 amide bonds. The number of nitrogens with zero attached hydrogens (tertiary/aromatic N) is 4. The fourth-order valence-electron chi connectivity index (χ4n) is 7.14. The Labute approximate surface area is 271 Å². The van der Waals surface area contributed by atoms with E-state index in [1.165, 1.54) is 4.88 Å². The molecule has 1 aliphatic carbocycles. The Morgan fingerprint density at radius 2 is 1.80 bits per heavy atom. The molecular formula is C34H37ClN6O3S. The van der Waals surface area contributed by atoms with Crippen LogP contribution in [0.15, 0.2) is 36.4 Å². The highest BCUT2D eigenvalue weighted by atomic mass is 35.5. The van der Waals surface area contributed by atoms with Crippen molar-refractivity contribution in [2.75, 3.05) is 18.4 Å². The number of rotatable bonds is 7. The zero-order valence-corrected chi connectivity index (χ0v) is 27.1. The molecule has 4 aromatic rings. The number of carboxylic acids is 1. The highest BCUT2D eigenvalue weighted by Crippen LogP contribution is 2.40. The first kappa shape index (κ1) is 30.1. The minimum Gasteiger partial charge on any atom is -0.481 e. The van der Waals surface area contributed by atoms with Gasteiger partial charge in [0.25, 0.3) is 5.91 Å². The van der Waals surface area contributed by atoms with Gasteiger partial charge in [-0.2, -0.15) is 0 Å². The van der Waals surface area contributed by atoms with Crippen molar-refractivity contribution in [3.63, 3.8) is 0 Å². The van der Waals surface area contributed by atoms with Gasteiger partial charge < -0.3 is 20.3 Å². The molecule has 2 aromatic heterocycles. The average Bonchev–Trinajstić information content (AvgIpc) is 3.73. The molecule has 1 fully saturated rings. The molecule has 4 heterocycles. The Balaban J connectivity index is 1.06. The van der Waals surface area contributed by atoms with Gasteiger partial charge in [0.15, 0.2) is 5.82 Å². The summed E-state index contributed by atoms with van der Waals surface area (Å²) in [6.45, 7) is 6.31. The topological polar surface area (TPSA) is 112 Å². The Hall–Kier alpha value is -3.57. The summed E-state index contributed by atoms with van der Waals surface area (Å²) in [5, 5.41) is 17.2. The zero-order chi connectivity index (χ0) is 31.2. The van der Waals surface area contributed by atoms with Crippen LogP contribution in [0.3, 0.4) is 0 Å². The molecule has 0 saturated heterocycles. The molecule has 7 rings (SSSR count). The van der Waals surface area contributed by atoms with Gasteiger partial charge in [0, 0.05) is 67.9 Å². The number of carboxylic acid groups (broad SMARTS) is 1. The van der Waals surface area contributed by atoms with Crippen molar-refractivity contribution in [1.82, 2.24) is 24.8 Å². The fraction of sp³-hybridized carbons (Fsp3) is 0.412. The highest BCUT2D eigenvalue weighted by molar-refractivity contribution is 7.15. The third-order valence-electron chi connectivity index (χ3n) is 9.71. The number of anilines is 1. The lowest BCUT2D eigenvalue weighted by Crippen LogP contribution is -2.36. The minimum atomic E-state index is -0.667. The molecule has 0 bridgehead atoms. The fourth-order valence-corrected chi connectivity index (χ4v) is 8.55. The van der Waals surface area contributed by atoms with Crippen molar-refractivity contribution in [3.8, 4) is 21.7 Å². The predicted molar refractivity (Wildman–Crippen MR) is 177 cm³/mol. The van der Waals surface area contributed by atoms with E-state index < -0.39 is 5.97 Å². The number of aromatic nitrogens is 3. The smallest absolute Gasteiger partial charge is 0.306 e. The molecule has 0 unspecified atom stereocenters. The summed E-state index contributed by atoms with van der Waals surface area (Å²) >= 11 is 8.72. The number of benzene rings is 2. The van der Waals surface area contributed by atoms with Crippen LogP contribution in [0.4, 0.5) is 5.69 Å². The maximum atomic E-state index is 13.6. The van der Waals surface area contributed by atoms with E-state index in [9.17, 15) is 14.7 Å². The largest absolute Gasteiger partial charge is 0.481 e. The molecule has 234 valence electrons. The van der Waals surface area contributed by atoms with Gasteiger partial charge in [-0.1, -0.05) is 41.9 Å². The maximum absolute atomic E-state index is 13.6. The number of carbonyl (C=O) groups is 2. The molecule has 2 aromatic carbocycles. The molecule has 45 heavy (non-hydrogen) atoms. The zero-order valence-electron chi connectivity index (χ0n) is 25.5. The number of fused-ring (bicyclic) bond motifs is 2. The van der Waals surface area contributed by atoms with E-state index in [0.29, 0.717) is 29.0 Å². The van der Waals surface area contributed by atoms with E-state index in [2.05, 4.69) is 34.6 Å². The van der Waals surface area contributed by atoms with Crippen LogP contribution >= 0.6 is 22.9 Å². The van der Waals surface area contributed by atoms with Gasteiger partial charge in [-0.15, -0.1) is 11.3 Å². The van der Waals surface area contributed by atoms with Crippen molar-refractivity contribution in [2.45, 2.75) is 58.7 Å². The molecule has 3 N–H and O–H groups in total. The van der Waals surface area contributed by atoms with Crippen molar-refractivity contribution in [3.05, 3.63) is 74.8 Å². The highest BCUT2D eigenvalue weighted by Gasteiger charge is 2.30. The van der Waals surface area contributed by atoms with E-state index in [4.69, 9.17) is 21.6 Å². The summed E-state index contributed by atoms with van der Waals surface area (Å²) < 4.78 is 1.91. The lowest BCUT2D eigenvalue weighted by atomic mass is 9.81. The van der Waals surface area contributed by atoms with Gasteiger partial charge in [-0.3, -0.25) is 14.5 Å². The van der Waals surface area contributed by atoms with Gasteiger partial charge in [0.2, 0.25) is 0 Å². The quantitative estimate of drug-likeness (QED) is 0.217. The van der Waals surface area contributed by atoms with Crippen LogP contribution in [-0.2, 0) is 37.9 Å². The summed E-state index contributed by atoms with van der Waals surface area (Å²) in [4.78, 5) is 38.3. The SMILES string of the molecule is Cc1c(-c2nc3c(s2)CNC3)cccc1-c1cccc(NC(=O)c2nc3c(n2C)CCN(CC2CCC(C(=O)O)CC2)C3)c1Cl. The van der Waals surface area contributed by atoms with Crippen molar-refractivity contribution in [2.24, 2.45) is 18.9 Å². The summed E-state index contributed by atoms with van der Waals surface area (Å²) in [7, 11) is 1.90. The molecular weight excluding hydrogens is 608 g/mol. The van der Waals surface area contributed by atoms with Gasteiger partial charge in [0.05, 0.1) is 28.0 Å². The second-order valence-electron chi connectivity index (χ2n) is 12.5. The first-order chi connectivity index (χ1) is 21.8. The lowest BCUT2D eigenvalue weighted by molar-refractivity contribution is -0.143. The molecule has 0 spiro atoms. The maximum Gasteiger partial charge on any atom is 0.306 e. The van der Waals surface area contributed by atoms with Crippen LogP contribution in [0.5, 0.6) is 0 Å². The number of halogens is 1. The summed E-state index contributed by atoms with van der Waals surface area (Å²) in [5.41, 5.74) is 7.75. The minimum absolute atomic E-state index is 0.198. The number of hydrogen-bond acceptors (Lipinski definition) is 7. The van der Waals surface area contributed by atoms with Crippen molar-refractivity contribution >= 4 is 40.5 Å². The van der Waals surface area contributed by atoms with Crippen LogP contribution in [0.1, 0.15) is 63.8 Å². The number of aliphatic carboxylic acids is 1. The first-order valence-electron chi connectivity index (χ1n) is 15.7. The first-order valence-corrected chi connectivity index (χ1v) is 16.9. The van der Waals surface area contributed by atoms with Crippen LogP contribution in [-0.4, -0.2) is 49.5 Å². The van der Waals surface area contributed by atoms with E-state index in [1.807, 2.05) is 35.9 Å². The molecule has 0 atom stereocenters. The summed E-state index contributed by atoms with van der Waals surface area (Å²) in [6.07, 6.45) is 4.23. The number of imidazole rings is 1. The van der Waals surface area contributed by atoms with Gasteiger partial charge in [-0.25, -0.2) is 9.97 Å². The van der Waals surface area contributed by atoms with E-state index in [1.54, 1.807) is 11.3 Å². The van der Waals surface area contributed by atoms with Crippen LogP contribution < -0.4 is 10.6 Å². The number of amides is 1. The molecule has 1 saturated carbocycles. The standard InChI is InChI=1S/C34H37ClN6O3S/c1-19-22(5-3-6-23(19)33-39-26-15-36-16-29(26)45-33)24-7-4-8-25(30(24)35)38-32(42)31-37-27-18-41(14-13-28(27)40(31)2)17-20-9-11-21(12-10-20)34(43)44/h3-8,20-21,36H,9-18H2,1-2H3,(H,38,42)(H,43,44). The normalized spacial score (nSPS) is 19.7. The van der Waals surface area contributed by atoms with Crippen LogP contribution in [0, 0.1) is 18.8 Å². The summed E-state index contributed by atoms with van der Waals surface area (Å²) in [5.74, 6) is -0.279. The van der Waals surface area contributed by atoms with Gasteiger partial charge in [-0.05, 0) is 55.7 Å². The molecule has 0 radical (unpaired) electrons. The van der Waals surface area contributed by atoms with Gasteiger partial charge in [0.1, 0.15) is 5.01 Å². The monoisotopic (exact) mass is 644 g/mol. The summed E-state index contributed by atoms with van der Waals surface area (Å²) in [6, 6.07) is 11.9. The van der Waals surface area contributed by atoms with Crippen molar-refractivity contribution < 1.29 is 14.7 Å². The Morgan fingerprint density at radius 1 is 1.04 bits per heavy atom. The van der Waals surface area contributed by atoms with Gasteiger partial charge >= 0.3 is 5.97 Å². The number of hydrogen-bond donors (Lipinski definition) is 3. The predicted octanol–water partition coefficient (Wildman–Crippen LogP) is 6.28. The molecule has 3 aliphatic rings. The third-order valence-corrected chi connectivity index (χ3v) is 11.2. The number of nitrogens with one attached hydrogen (secondary N) is 2. The second kappa shape index (κ2) is 12.3. The van der Waals surface area contributed by atoms with E-state index >= 15 is 0 Å². The van der Waals surface area contributed by atoms with E-state index in [0.717, 1.165) is 103 Å². The van der Waals surface area contributed by atoms with Crippen LogP contribution in [0.25, 0.3) is 21.7 Å². The number of thiazole rings is 1. The molecule has 11 heteroatoms. The van der Waals surface area contributed by atoms with E-state index in [-0.39, 0.29) is 11.8 Å². The lowest BCUT2D eigenvalue weighted by Gasteiger charge is -2.33. The third kappa shape index (κ3) is 5.80. The molecule has 9 nitrogen and oxygen atoms in total. The Morgan fingerprint density at radius 3 is 2.58 bits per heavy atom. The van der Waals surface area contributed by atoms with Crippen molar-refractivity contribution in [1.29, 1.82) is 0 Å². The Bertz CT molecular complexity index is 1770. The number of carbonyl (C=O) groups excluding carboxylic acids is 1.